The summed E-state index contributed by atoms with van der Waals surface area (Å²) in [4.78, 5) is 29.5. The van der Waals surface area contributed by atoms with Crippen LogP contribution in [0.4, 0.5) is 10.8 Å². The van der Waals surface area contributed by atoms with E-state index in [9.17, 15) is 9.59 Å². The third kappa shape index (κ3) is 6.08. The Morgan fingerprint density at radius 3 is 2.73 bits per heavy atom. The van der Waals surface area contributed by atoms with E-state index in [1.165, 1.54) is 23.1 Å². The summed E-state index contributed by atoms with van der Waals surface area (Å²) < 4.78 is 5.37. The molecule has 156 valence electrons. The quantitative estimate of drug-likeness (QED) is 0.441. The van der Waals surface area contributed by atoms with Crippen molar-refractivity contribution in [2.75, 3.05) is 23.5 Å². The number of ether oxygens (including phenoxy) is 1. The molecule has 8 heteroatoms. The summed E-state index contributed by atoms with van der Waals surface area (Å²) >= 11 is 2.78. The minimum Gasteiger partial charge on any atom is -0.496 e. The van der Waals surface area contributed by atoms with Crippen LogP contribution >= 0.6 is 23.1 Å². The molecule has 2 N–H and O–H groups in total. The van der Waals surface area contributed by atoms with E-state index in [1.54, 1.807) is 7.11 Å². The molecule has 2 aromatic carbocycles. The van der Waals surface area contributed by atoms with Gasteiger partial charge in [0.15, 0.2) is 5.13 Å². The normalized spacial score (nSPS) is 10.5. The van der Waals surface area contributed by atoms with Gasteiger partial charge in [0.25, 0.3) is 0 Å². The Bertz CT molecular complexity index is 1020. The molecule has 0 radical (unpaired) electrons. The van der Waals surface area contributed by atoms with E-state index in [-0.39, 0.29) is 17.6 Å². The molecule has 0 unspecified atom stereocenters. The standard InChI is InChI=1S/C22H23N3O3S2/c1-3-7-20(26)23-15-8-6-9-16(12-15)29-14-21(27)25-22-24-18(13-30-22)17-10-4-5-11-19(17)28-2/h4-6,8-13H,3,7,14H2,1-2H3,(H,23,26)(H,24,25,27). The molecule has 0 fully saturated rings. The molecule has 0 aliphatic carbocycles. The third-order valence-electron chi connectivity index (χ3n) is 4.10. The highest BCUT2D eigenvalue weighted by Crippen LogP contribution is 2.32. The molecule has 0 aliphatic rings. The van der Waals surface area contributed by atoms with Gasteiger partial charge in [0.1, 0.15) is 5.75 Å². The average molecular weight is 442 g/mol. The Labute approximate surface area is 184 Å². The van der Waals surface area contributed by atoms with Gasteiger partial charge in [-0.2, -0.15) is 0 Å². The average Bonchev–Trinajstić information content (AvgIpc) is 3.21. The Hall–Kier alpha value is -2.84. The van der Waals surface area contributed by atoms with Crippen molar-refractivity contribution in [1.82, 2.24) is 4.98 Å². The topological polar surface area (TPSA) is 80.3 Å². The Morgan fingerprint density at radius 2 is 1.93 bits per heavy atom. The van der Waals surface area contributed by atoms with E-state index in [1.807, 2.05) is 60.8 Å². The molecule has 1 aromatic heterocycles. The number of nitrogens with one attached hydrogen (secondary N) is 2. The molecular formula is C22H23N3O3S2. The lowest BCUT2D eigenvalue weighted by molar-refractivity contribution is -0.116. The first kappa shape index (κ1) is 21.9. The summed E-state index contributed by atoms with van der Waals surface area (Å²) in [5.41, 5.74) is 2.38. The third-order valence-corrected chi connectivity index (χ3v) is 5.85. The fraction of sp³-hybridized carbons (Fsp3) is 0.227. The number of thioether (sulfide) groups is 1. The fourth-order valence-corrected chi connectivity index (χ4v) is 4.21. The molecule has 2 amide bonds. The molecule has 3 rings (SSSR count). The van der Waals surface area contributed by atoms with E-state index in [0.717, 1.165) is 34.0 Å². The zero-order chi connectivity index (χ0) is 21.3. The number of anilines is 2. The maximum Gasteiger partial charge on any atom is 0.236 e. The largest absolute Gasteiger partial charge is 0.496 e. The lowest BCUT2D eigenvalue weighted by Crippen LogP contribution is -2.14. The molecule has 0 saturated carbocycles. The van der Waals surface area contributed by atoms with Crippen molar-refractivity contribution < 1.29 is 14.3 Å². The van der Waals surface area contributed by atoms with Crippen LogP contribution in [-0.4, -0.2) is 29.7 Å². The lowest BCUT2D eigenvalue weighted by atomic mass is 10.1. The number of methoxy groups -OCH3 is 1. The summed E-state index contributed by atoms with van der Waals surface area (Å²) in [6.07, 6.45) is 1.29. The van der Waals surface area contributed by atoms with E-state index in [0.29, 0.717) is 11.6 Å². The van der Waals surface area contributed by atoms with Crippen LogP contribution in [0, 0.1) is 0 Å². The van der Waals surface area contributed by atoms with Gasteiger partial charge in [-0.25, -0.2) is 4.98 Å². The fourth-order valence-electron chi connectivity index (χ4n) is 2.73. The zero-order valence-electron chi connectivity index (χ0n) is 16.8. The van der Waals surface area contributed by atoms with E-state index >= 15 is 0 Å². The number of para-hydroxylation sites is 1. The number of amides is 2. The van der Waals surface area contributed by atoms with Gasteiger partial charge in [-0.15, -0.1) is 23.1 Å². The molecule has 0 saturated heterocycles. The van der Waals surface area contributed by atoms with Gasteiger partial charge in [-0.3, -0.25) is 9.59 Å². The minimum absolute atomic E-state index is 0.00739. The van der Waals surface area contributed by atoms with Crippen LogP contribution in [0.5, 0.6) is 5.75 Å². The van der Waals surface area contributed by atoms with Crippen LogP contribution in [0.2, 0.25) is 0 Å². The number of carbonyl (C=O) groups excluding carboxylic acids is 2. The smallest absolute Gasteiger partial charge is 0.236 e. The maximum absolute atomic E-state index is 12.3. The number of thiazole rings is 1. The number of nitrogens with zero attached hydrogens (tertiary/aromatic N) is 1. The van der Waals surface area contributed by atoms with Crippen LogP contribution in [0.1, 0.15) is 19.8 Å². The molecule has 6 nitrogen and oxygen atoms in total. The summed E-state index contributed by atoms with van der Waals surface area (Å²) in [7, 11) is 1.62. The number of benzene rings is 2. The molecule has 1 heterocycles. The second-order valence-corrected chi connectivity index (χ2v) is 8.31. The monoisotopic (exact) mass is 441 g/mol. The van der Waals surface area contributed by atoms with Gasteiger partial charge in [-0.05, 0) is 36.8 Å². The molecule has 3 aromatic rings. The van der Waals surface area contributed by atoms with Gasteiger partial charge in [0.05, 0.1) is 18.6 Å². The van der Waals surface area contributed by atoms with Gasteiger partial charge in [0, 0.05) is 27.9 Å². The van der Waals surface area contributed by atoms with Crippen molar-refractivity contribution in [1.29, 1.82) is 0 Å². The highest BCUT2D eigenvalue weighted by Gasteiger charge is 2.12. The zero-order valence-corrected chi connectivity index (χ0v) is 18.4. The van der Waals surface area contributed by atoms with Crippen LogP contribution < -0.4 is 15.4 Å². The first-order valence-electron chi connectivity index (χ1n) is 9.50. The van der Waals surface area contributed by atoms with Crippen LogP contribution in [-0.2, 0) is 9.59 Å². The summed E-state index contributed by atoms with van der Waals surface area (Å²) in [5, 5.41) is 8.14. The number of hydrogen-bond donors (Lipinski definition) is 2. The number of aromatic nitrogens is 1. The maximum atomic E-state index is 12.3. The van der Waals surface area contributed by atoms with E-state index in [4.69, 9.17) is 4.74 Å². The predicted octanol–water partition coefficient (Wildman–Crippen LogP) is 5.29. The highest BCUT2D eigenvalue weighted by atomic mass is 32.2. The molecule has 30 heavy (non-hydrogen) atoms. The van der Waals surface area contributed by atoms with Crippen LogP contribution in [0.25, 0.3) is 11.3 Å². The molecule has 0 spiro atoms. The van der Waals surface area contributed by atoms with Crippen molar-refractivity contribution in [2.24, 2.45) is 0 Å². The number of rotatable bonds is 9. The van der Waals surface area contributed by atoms with Gasteiger partial charge < -0.3 is 15.4 Å². The van der Waals surface area contributed by atoms with Crippen LogP contribution in [0.15, 0.2) is 58.8 Å². The Morgan fingerprint density at radius 1 is 1.10 bits per heavy atom. The molecule has 0 atom stereocenters. The first-order valence-corrected chi connectivity index (χ1v) is 11.4. The number of carbonyl (C=O) groups is 2. The van der Waals surface area contributed by atoms with E-state index < -0.39 is 0 Å². The molecular weight excluding hydrogens is 418 g/mol. The first-order chi connectivity index (χ1) is 14.6. The second kappa shape index (κ2) is 10.8. The SMILES string of the molecule is CCCC(=O)Nc1cccc(SCC(=O)Nc2nc(-c3ccccc3OC)cs2)c1. The summed E-state index contributed by atoms with van der Waals surface area (Å²) in [5.74, 6) is 0.839. The predicted molar refractivity (Wildman–Crippen MR) is 123 cm³/mol. The Balaban J connectivity index is 1.56. The van der Waals surface area contributed by atoms with Crippen LogP contribution in [0.3, 0.4) is 0 Å². The van der Waals surface area contributed by atoms with Gasteiger partial charge in [-0.1, -0.05) is 25.1 Å². The Kier molecular flexibility index (Phi) is 7.87. The van der Waals surface area contributed by atoms with Crippen molar-refractivity contribution in [3.8, 4) is 17.0 Å². The summed E-state index contributed by atoms with van der Waals surface area (Å²) in [6.45, 7) is 1.96. The second-order valence-electron chi connectivity index (χ2n) is 6.40. The highest BCUT2D eigenvalue weighted by molar-refractivity contribution is 8.00. The minimum atomic E-state index is -0.138. The van der Waals surface area contributed by atoms with Gasteiger partial charge in [0.2, 0.25) is 11.8 Å². The molecule has 0 bridgehead atoms. The van der Waals surface area contributed by atoms with Crippen molar-refractivity contribution in [3.05, 3.63) is 53.9 Å². The lowest BCUT2D eigenvalue weighted by Gasteiger charge is -2.07. The number of hydrogen-bond acceptors (Lipinski definition) is 6. The van der Waals surface area contributed by atoms with Crippen molar-refractivity contribution in [3.63, 3.8) is 0 Å². The molecule has 0 aliphatic heterocycles. The van der Waals surface area contributed by atoms with Gasteiger partial charge >= 0.3 is 0 Å². The van der Waals surface area contributed by atoms with Crippen molar-refractivity contribution >= 4 is 45.7 Å². The summed E-state index contributed by atoms with van der Waals surface area (Å²) in [6, 6.07) is 15.1. The van der Waals surface area contributed by atoms with E-state index in [2.05, 4.69) is 15.6 Å². The van der Waals surface area contributed by atoms with Crippen molar-refractivity contribution in [2.45, 2.75) is 24.7 Å².